The molecule has 1 aromatic rings. The van der Waals surface area contributed by atoms with Crippen LogP contribution in [0.4, 0.5) is 4.39 Å². The molecule has 0 fully saturated rings. The van der Waals surface area contributed by atoms with E-state index >= 15 is 0 Å². The maximum atomic E-state index is 13.0. The molecule has 0 unspecified atom stereocenters. The summed E-state index contributed by atoms with van der Waals surface area (Å²) >= 11 is 0. The minimum Gasteiger partial charge on any atom is -0.207 e. The molecular weight excluding hydrogens is 151 g/mol. The van der Waals surface area contributed by atoms with Crippen molar-refractivity contribution in [3.05, 3.63) is 53.7 Å². The molecule has 0 heterocycles. The first-order valence-electron chi connectivity index (χ1n) is 3.87. The highest BCUT2D eigenvalue weighted by atomic mass is 19.1. The quantitative estimate of drug-likeness (QED) is 0.627. The number of benzene rings is 1. The van der Waals surface area contributed by atoms with Crippen molar-refractivity contribution in [2.45, 2.75) is 13.8 Å². The zero-order valence-electron chi connectivity index (χ0n) is 7.39. The van der Waals surface area contributed by atoms with Crippen molar-refractivity contribution in [1.82, 2.24) is 0 Å². The minimum atomic E-state index is -0.159. The van der Waals surface area contributed by atoms with E-state index in [4.69, 9.17) is 0 Å². The van der Waals surface area contributed by atoms with Crippen molar-refractivity contribution in [1.29, 1.82) is 0 Å². The van der Waals surface area contributed by atoms with Crippen LogP contribution in [-0.4, -0.2) is 0 Å². The summed E-state index contributed by atoms with van der Waals surface area (Å²) in [4.78, 5) is 0. The molecule has 0 bridgehead atoms. The van der Waals surface area contributed by atoms with Gasteiger partial charge in [0.25, 0.3) is 0 Å². The smallest absolute Gasteiger partial charge is 0.126 e. The molecule has 1 aromatic carbocycles. The lowest BCUT2D eigenvalue weighted by Crippen LogP contribution is -1.92. The van der Waals surface area contributed by atoms with Crippen molar-refractivity contribution < 1.29 is 4.39 Å². The van der Waals surface area contributed by atoms with Crippen LogP contribution in [0.25, 0.3) is 0 Å². The molecule has 0 aliphatic carbocycles. The number of aryl methyl sites for hydroxylation is 1. The van der Waals surface area contributed by atoms with Crippen LogP contribution in [-0.2, 0) is 0 Å². The van der Waals surface area contributed by atoms with E-state index in [2.05, 4.69) is 6.58 Å². The van der Waals surface area contributed by atoms with Crippen LogP contribution in [0.1, 0.15) is 18.1 Å². The van der Waals surface area contributed by atoms with Crippen molar-refractivity contribution in [3.8, 4) is 0 Å². The Morgan fingerprint density at radius 3 is 2.67 bits per heavy atom. The maximum absolute atomic E-state index is 13.0. The number of halogens is 1. The van der Waals surface area contributed by atoms with Crippen molar-refractivity contribution in [3.63, 3.8) is 0 Å². The first kappa shape index (κ1) is 8.98. The molecule has 0 nitrogen and oxygen atoms in total. The van der Waals surface area contributed by atoms with Gasteiger partial charge in [0.1, 0.15) is 5.82 Å². The number of hydrogen-bond acceptors (Lipinski definition) is 0. The summed E-state index contributed by atoms with van der Waals surface area (Å²) in [5.41, 5.74) is 1.57. The Bertz CT molecular complexity index is 289. The first-order valence-corrected chi connectivity index (χ1v) is 3.87. The summed E-state index contributed by atoms with van der Waals surface area (Å²) in [7, 11) is 0. The molecule has 0 aromatic heterocycles. The van der Waals surface area contributed by atoms with E-state index in [1.165, 1.54) is 6.07 Å². The van der Waals surface area contributed by atoms with Crippen molar-refractivity contribution >= 4 is 0 Å². The Kier molecular flexibility index (Phi) is 2.64. The summed E-state index contributed by atoms with van der Waals surface area (Å²) < 4.78 is 13.0. The summed E-state index contributed by atoms with van der Waals surface area (Å²) in [5, 5.41) is 0. The third kappa shape index (κ3) is 1.73. The molecule has 12 heavy (non-hydrogen) atoms. The van der Waals surface area contributed by atoms with E-state index in [1.54, 1.807) is 19.1 Å². The van der Waals surface area contributed by atoms with E-state index in [0.29, 0.717) is 5.56 Å². The van der Waals surface area contributed by atoms with E-state index in [1.807, 2.05) is 13.0 Å². The zero-order chi connectivity index (χ0) is 9.14. The average Bonchev–Trinajstić information content (AvgIpc) is 2.08. The van der Waals surface area contributed by atoms with Gasteiger partial charge in [-0.1, -0.05) is 25.1 Å². The molecule has 63 valence electrons. The van der Waals surface area contributed by atoms with Gasteiger partial charge >= 0.3 is 0 Å². The molecule has 0 spiro atoms. The van der Waals surface area contributed by atoms with Crippen LogP contribution in [0, 0.1) is 18.7 Å². The second kappa shape index (κ2) is 3.53. The average molecular weight is 163 g/mol. The van der Waals surface area contributed by atoms with Gasteiger partial charge in [0, 0.05) is 5.92 Å². The highest BCUT2D eigenvalue weighted by Crippen LogP contribution is 2.17. The molecule has 0 aliphatic rings. The lowest BCUT2D eigenvalue weighted by Gasteiger charge is -2.05. The topological polar surface area (TPSA) is 0 Å². The largest absolute Gasteiger partial charge is 0.207 e. The van der Waals surface area contributed by atoms with Gasteiger partial charge in [-0.05, 0) is 24.1 Å². The first-order chi connectivity index (χ1) is 5.65. The van der Waals surface area contributed by atoms with Crippen LogP contribution < -0.4 is 0 Å². The monoisotopic (exact) mass is 163 g/mol. The van der Waals surface area contributed by atoms with Crippen LogP contribution in [0.5, 0.6) is 0 Å². The molecule has 0 saturated heterocycles. The Hall–Kier alpha value is -1.11. The predicted octanol–water partition coefficient (Wildman–Crippen LogP) is 3.26. The molecular formula is C11H12F. The molecule has 0 N–H and O–H groups in total. The Morgan fingerprint density at radius 2 is 2.17 bits per heavy atom. The van der Waals surface area contributed by atoms with Crippen LogP contribution in [0.15, 0.2) is 30.9 Å². The molecule has 0 saturated carbocycles. The molecule has 0 amide bonds. The molecule has 0 atom stereocenters. The Labute approximate surface area is 72.7 Å². The fraction of sp³-hybridized carbons (Fsp3) is 0.182. The normalized spacial score (nSPS) is 10.3. The van der Waals surface area contributed by atoms with Gasteiger partial charge in [0.2, 0.25) is 0 Å². The maximum Gasteiger partial charge on any atom is 0.126 e. The molecule has 1 radical (unpaired) electrons. The van der Waals surface area contributed by atoms with Gasteiger partial charge in [-0.2, -0.15) is 0 Å². The minimum absolute atomic E-state index is 0.159. The Balaban J connectivity index is 3.04. The second-order valence-corrected chi connectivity index (χ2v) is 2.85. The third-order valence-corrected chi connectivity index (χ3v) is 1.93. The highest BCUT2D eigenvalue weighted by molar-refractivity contribution is 5.37. The Morgan fingerprint density at radius 1 is 1.50 bits per heavy atom. The fourth-order valence-electron chi connectivity index (χ4n) is 0.956. The van der Waals surface area contributed by atoms with Crippen LogP contribution in [0.2, 0.25) is 0 Å². The number of hydrogen-bond donors (Lipinski definition) is 0. The van der Waals surface area contributed by atoms with Crippen molar-refractivity contribution in [2.24, 2.45) is 0 Å². The summed E-state index contributed by atoms with van der Waals surface area (Å²) in [6, 6.07) is 5.21. The van der Waals surface area contributed by atoms with Gasteiger partial charge in [-0.3, -0.25) is 0 Å². The molecule has 1 heteroatoms. The SMILES string of the molecule is C=C[C](C)c1ccc(C)c(F)c1. The second-order valence-electron chi connectivity index (χ2n) is 2.85. The van der Waals surface area contributed by atoms with E-state index in [9.17, 15) is 4.39 Å². The summed E-state index contributed by atoms with van der Waals surface area (Å²) in [6.07, 6.45) is 1.73. The summed E-state index contributed by atoms with van der Waals surface area (Å²) in [5.74, 6) is 0.836. The van der Waals surface area contributed by atoms with Gasteiger partial charge in [0.15, 0.2) is 0 Å². The van der Waals surface area contributed by atoms with Gasteiger partial charge in [0.05, 0.1) is 0 Å². The molecule has 0 aliphatic heterocycles. The van der Waals surface area contributed by atoms with E-state index in [-0.39, 0.29) is 5.82 Å². The zero-order valence-corrected chi connectivity index (χ0v) is 7.39. The van der Waals surface area contributed by atoms with Gasteiger partial charge < -0.3 is 0 Å². The van der Waals surface area contributed by atoms with Gasteiger partial charge in [-0.25, -0.2) is 4.39 Å². The standard InChI is InChI=1S/C11H12F/c1-4-8(2)10-6-5-9(3)11(12)7-10/h4-7H,1H2,2-3H3. The summed E-state index contributed by atoms with van der Waals surface area (Å²) in [6.45, 7) is 7.30. The van der Waals surface area contributed by atoms with Crippen LogP contribution >= 0.6 is 0 Å². The third-order valence-electron chi connectivity index (χ3n) is 1.93. The van der Waals surface area contributed by atoms with Crippen LogP contribution in [0.3, 0.4) is 0 Å². The highest BCUT2D eigenvalue weighted by Gasteiger charge is 2.03. The number of rotatable bonds is 2. The lowest BCUT2D eigenvalue weighted by molar-refractivity contribution is 0.617. The van der Waals surface area contributed by atoms with E-state index < -0.39 is 0 Å². The lowest BCUT2D eigenvalue weighted by atomic mass is 10.00. The number of allylic oxidation sites excluding steroid dienone is 1. The van der Waals surface area contributed by atoms with E-state index in [0.717, 1.165) is 11.5 Å². The fourth-order valence-corrected chi connectivity index (χ4v) is 0.956. The van der Waals surface area contributed by atoms with Crippen molar-refractivity contribution in [2.75, 3.05) is 0 Å². The van der Waals surface area contributed by atoms with Gasteiger partial charge in [-0.15, -0.1) is 6.58 Å². The molecule has 1 rings (SSSR count). The predicted molar refractivity (Wildman–Crippen MR) is 49.4 cm³/mol.